The molecule has 32 heavy (non-hydrogen) atoms. The van der Waals surface area contributed by atoms with Crippen LogP contribution in [0, 0.1) is 0 Å². The Balaban J connectivity index is 1.77. The lowest BCUT2D eigenvalue weighted by Crippen LogP contribution is -2.31. The SMILES string of the molecule is CC(C)c1ccc(C2/C(=C(\O)c3ccccc3)C(=O)C(=O)N2CCc2ccccc2)cc1. The number of hydrogen-bond acceptors (Lipinski definition) is 3. The number of amides is 1. The molecule has 1 N–H and O–H groups in total. The van der Waals surface area contributed by atoms with Crippen molar-refractivity contribution in [3.8, 4) is 0 Å². The van der Waals surface area contributed by atoms with Gasteiger partial charge in [-0.25, -0.2) is 0 Å². The van der Waals surface area contributed by atoms with E-state index in [4.69, 9.17) is 0 Å². The lowest BCUT2D eigenvalue weighted by molar-refractivity contribution is -0.139. The number of carbonyl (C=O) groups is 2. The molecular weight excluding hydrogens is 398 g/mol. The molecule has 0 radical (unpaired) electrons. The number of carbonyl (C=O) groups excluding carboxylic acids is 2. The van der Waals surface area contributed by atoms with Gasteiger partial charge in [-0.1, -0.05) is 98.8 Å². The van der Waals surface area contributed by atoms with E-state index in [1.54, 1.807) is 29.2 Å². The van der Waals surface area contributed by atoms with Gasteiger partial charge in [-0.15, -0.1) is 0 Å². The first-order valence-corrected chi connectivity index (χ1v) is 10.9. The molecule has 0 bridgehead atoms. The van der Waals surface area contributed by atoms with E-state index in [0.29, 0.717) is 24.4 Å². The number of benzene rings is 3. The molecule has 0 aromatic heterocycles. The van der Waals surface area contributed by atoms with Gasteiger partial charge in [0.1, 0.15) is 5.76 Å². The van der Waals surface area contributed by atoms with Crippen LogP contribution in [-0.4, -0.2) is 28.2 Å². The molecule has 162 valence electrons. The van der Waals surface area contributed by atoms with E-state index in [9.17, 15) is 14.7 Å². The van der Waals surface area contributed by atoms with Crippen LogP contribution in [0.4, 0.5) is 0 Å². The molecule has 1 heterocycles. The second kappa shape index (κ2) is 9.23. The fraction of sp³-hybridized carbons (Fsp3) is 0.214. The number of ketones is 1. The average molecular weight is 426 g/mol. The largest absolute Gasteiger partial charge is 0.507 e. The van der Waals surface area contributed by atoms with Crippen molar-refractivity contribution in [3.63, 3.8) is 0 Å². The summed E-state index contributed by atoms with van der Waals surface area (Å²) in [7, 11) is 0. The van der Waals surface area contributed by atoms with Gasteiger partial charge in [0.05, 0.1) is 11.6 Å². The fourth-order valence-electron chi connectivity index (χ4n) is 4.17. The predicted molar refractivity (Wildman–Crippen MR) is 126 cm³/mol. The zero-order valence-corrected chi connectivity index (χ0v) is 18.4. The van der Waals surface area contributed by atoms with E-state index in [2.05, 4.69) is 13.8 Å². The summed E-state index contributed by atoms with van der Waals surface area (Å²) in [6.07, 6.45) is 0.625. The Hall–Kier alpha value is -3.66. The maximum atomic E-state index is 13.1. The van der Waals surface area contributed by atoms with Gasteiger partial charge in [0.2, 0.25) is 0 Å². The number of aliphatic hydroxyl groups excluding tert-OH is 1. The third-order valence-electron chi connectivity index (χ3n) is 5.99. The summed E-state index contributed by atoms with van der Waals surface area (Å²) in [5.41, 5.74) is 3.76. The smallest absolute Gasteiger partial charge is 0.295 e. The van der Waals surface area contributed by atoms with Gasteiger partial charge in [0.15, 0.2) is 0 Å². The van der Waals surface area contributed by atoms with Gasteiger partial charge in [0, 0.05) is 12.1 Å². The van der Waals surface area contributed by atoms with Crippen molar-refractivity contribution < 1.29 is 14.7 Å². The number of aliphatic hydroxyl groups is 1. The van der Waals surface area contributed by atoms with Crippen molar-refractivity contribution in [2.24, 2.45) is 0 Å². The topological polar surface area (TPSA) is 57.6 Å². The molecule has 4 nitrogen and oxygen atoms in total. The molecule has 1 fully saturated rings. The second-order valence-corrected chi connectivity index (χ2v) is 8.42. The highest BCUT2D eigenvalue weighted by atomic mass is 16.3. The first-order chi connectivity index (χ1) is 15.5. The number of likely N-dealkylation sites (tertiary alicyclic amines) is 1. The van der Waals surface area contributed by atoms with Crippen LogP contribution in [0.3, 0.4) is 0 Å². The highest BCUT2D eigenvalue weighted by Gasteiger charge is 2.45. The van der Waals surface area contributed by atoms with Crippen LogP contribution in [-0.2, 0) is 16.0 Å². The Morgan fingerprint density at radius 3 is 2.06 bits per heavy atom. The monoisotopic (exact) mass is 425 g/mol. The highest BCUT2D eigenvalue weighted by Crippen LogP contribution is 2.39. The first-order valence-electron chi connectivity index (χ1n) is 10.9. The molecular formula is C28H27NO3. The molecule has 1 unspecified atom stereocenters. The molecule has 0 spiro atoms. The van der Waals surface area contributed by atoms with E-state index in [1.807, 2.05) is 60.7 Å². The van der Waals surface area contributed by atoms with Crippen LogP contribution in [0.15, 0.2) is 90.5 Å². The van der Waals surface area contributed by atoms with Gasteiger partial charge < -0.3 is 10.0 Å². The molecule has 4 rings (SSSR count). The number of Topliss-reactive ketones (excluding diaryl/α,β-unsaturated/α-hetero) is 1. The normalized spacial score (nSPS) is 17.8. The summed E-state index contributed by atoms with van der Waals surface area (Å²) in [5, 5.41) is 11.1. The Morgan fingerprint density at radius 2 is 1.47 bits per heavy atom. The van der Waals surface area contributed by atoms with E-state index < -0.39 is 17.7 Å². The highest BCUT2D eigenvalue weighted by molar-refractivity contribution is 6.46. The van der Waals surface area contributed by atoms with Crippen molar-refractivity contribution in [2.45, 2.75) is 32.2 Å². The lowest BCUT2D eigenvalue weighted by Gasteiger charge is -2.25. The fourth-order valence-corrected chi connectivity index (χ4v) is 4.17. The number of nitrogens with zero attached hydrogens (tertiary/aromatic N) is 1. The van der Waals surface area contributed by atoms with E-state index >= 15 is 0 Å². The first kappa shape index (κ1) is 21.6. The number of rotatable bonds is 6. The summed E-state index contributed by atoms with van der Waals surface area (Å²) in [6, 6.07) is 26.2. The molecule has 1 aliphatic heterocycles. The van der Waals surface area contributed by atoms with Crippen molar-refractivity contribution in [1.82, 2.24) is 4.90 Å². The molecule has 3 aromatic carbocycles. The standard InChI is InChI=1S/C28H27NO3/c1-19(2)21-13-15-22(16-14-21)25-24(26(30)23-11-7-4-8-12-23)27(31)28(32)29(25)18-17-20-9-5-3-6-10-20/h3-16,19,25,30H,17-18H2,1-2H3/b26-24+. The van der Waals surface area contributed by atoms with Crippen LogP contribution in [0.1, 0.15) is 48.1 Å². The van der Waals surface area contributed by atoms with Crippen molar-refractivity contribution in [2.75, 3.05) is 6.54 Å². The lowest BCUT2D eigenvalue weighted by atomic mass is 9.93. The molecule has 0 aliphatic carbocycles. The Bertz CT molecular complexity index is 1130. The molecule has 3 aromatic rings. The van der Waals surface area contributed by atoms with Crippen LogP contribution in [0.2, 0.25) is 0 Å². The average Bonchev–Trinajstić information content (AvgIpc) is 3.08. The van der Waals surface area contributed by atoms with Gasteiger partial charge in [-0.2, -0.15) is 0 Å². The molecule has 1 amide bonds. The summed E-state index contributed by atoms with van der Waals surface area (Å²) in [5.74, 6) is -0.976. The van der Waals surface area contributed by atoms with Crippen LogP contribution >= 0.6 is 0 Å². The minimum atomic E-state index is -0.641. The van der Waals surface area contributed by atoms with Gasteiger partial charge >= 0.3 is 0 Å². The van der Waals surface area contributed by atoms with Gasteiger partial charge in [0.25, 0.3) is 11.7 Å². The van der Waals surface area contributed by atoms with Crippen LogP contribution in [0.5, 0.6) is 0 Å². The van der Waals surface area contributed by atoms with E-state index in [1.165, 1.54) is 5.56 Å². The minimum Gasteiger partial charge on any atom is -0.507 e. The molecule has 1 aliphatic rings. The summed E-state index contributed by atoms with van der Waals surface area (Å²) in [4.78, 5) is 27.7. The van der Waals surface area contributed by atoms with E-state index in [0.717, 1.165) is 11.1 Å². The van der Waals surface area contributed by atoms with E-state index in [-0.39, 0.29) is 11.3 Å². The molecule has 1 atom stereocenters. The predicted octanol–water partition coefficient (Wildman–Crippen LogP) is 5.47. The third kappa shape index (κ3) is 4.22. The zero-order chi connectivity index (χ0) is 22.7. The molecule has 0 saturated carbocycles. The molecule has 1 saturated heterocycles. The minimum absolute atomic E-state index is 0.135. The second-order valence-electron chi connectivity index (χ2n) is 8.42. The van der Waals surface area contributed by atoms with Crippen LogP contribution < -0.4 is 0 Å². The molecule has 4 heteroatoms. The van der Waals surface area contributed by atoms with Crippen molar-refractivity contribution in [1.29, 1.82) is 0 Å². The zero-order valence-electron chi connectivity index (χ0n) is 18.4. The number of hydrogen-bond donors (Lipinski definition) is 1. The van der Waals surface area contributed by atoms with Gasteiger partial charge in [-0.05, 0) is 29.0 Å². The quantitative estimate of drug-likeness (QED) is 0.323. The maximum Gasteiger partial charge on any atom is 0.295 e. The summed E-state index contributed by atoms with van der Waals surface area (Å²) in [6.45, 7) is 4.63. The third-order valence-corrected chi connectivity index (χ3v) is 5.99. The summed E-state index contributed by atoms with van der Waals surface area (Å²) >= 11 is 0. The van der Waals surface area contributed by atoms with Crippen molar-refractivity contribution >= 4 is 17.4 Å². The van der Waals surface area contributed by atoms with Gasteiger partial charge in [-0.3, -0.25) is 9.59 Å². The van der Waals surface area contributed by atoms with Crippen molar-refractivity contribution in [3.05, 3.63) is 113 Å². The summed E-state index contributed by atoms with van der Waals surface area (Å²) < 4.78 is 0. The maximum absolute atomic E-state index is 13.1. The Morgan fingerprint density at radius 1 is 0.875 bits per heavy atom. The van der Waals surface area contributed by atoms with Crippen LogP contribution in [0.25, 0.3) is 5.76 Å². The Kier molecular flexibility index (Phi) is 6.22. The Labute approximate surface area is 188 Å².